The van der Waals surface area contributed by atoms with Crippen molar-refractivity contribution >= 4 is 0 Å². The summed E-state index contributed by atoms with van der Waals surface area (Å²) >= 11 is 0. The highest BCUT2D eigenvalue weighted by atomic mass is 19.4. The first-order valence-corrected chi connectivity index (χ1v) is 5.89. The third-order valence-electron chi connectivity index (χ3n) is 3.11. The number of phenols is 1. The molecule has 0 spiro atoms. The van der Waals surface area contributed by atoms with Crippen LogP contribution < -0.4 is 5.32 Å². The van der Waals surface area contributed by atoms with Crippen molar-refractivity contribution < 1.29 is 22.7 Å². The number of aromatic hydroxyl groups is 1. The summed E-state index contributed by atoms with van der Waals surface area (Å²) in [6.07, 6.45) is -4.56. The minimum atomic E-state index is -4.56. The summed E-state index contributed by atoms with van der Waals surface area (Å²) < 4.78 is 53.2. The summed E-state index contributed by atoms with van der Waals surface area (Å²) in [6.45, 7) is 1.27. The number of nitrogens with zero attached hydrogens (tertiary/aromatic N) is 1. The van der Waals surface area contributed by atoms with Gasteiger partial charge in [-0.15, -0.1) is 0 Å². The zero-order chi connectivity index (χ0) is 14.0. The molecule has 1 saturated heterocycles. The second-order valence-corrected chi connectivity index (χ2v) is 4.44. The Morgan fingerprint density at radius 1 is 1.21 bits per heavy atom. The molecule has 1 aliphatic heterocycles. The van der Waals surface area contributed by atoms with Crippen molar-refractivity contribution in [1.29, 1.82) is 0 Å². The lowest BCUT2D eigenvalue weighted by atomic mass is 10.0. The first kappa shape index (κ1) is 14.1. The molecule has 0 bridgehead atoms. The minimum Gasteiger partial charge on any atom is -0.508 e. The van der Waals surface area contributed by atoms with E-state index < -0.39 is 23.6 Å². The van der Waals surface area contributed by atoms with Crippen LogP contribution in [-0.2, 0) is 0 Å². The lowest BCUT2D eigenvalue weighted by Gasteiger charge is -2.36. The van der Waals surface area contributed by atoms with Gasteiger partial charge in [0.1, 0.15) is 17.6 Å². The predicted molar refractivity (Wildman–Crippen MR) is 61.3 cm³/mol. The zero-order valence-electron chi connectivity index (χ0n) is 10.0. The van der Waals surface area contributed by atoms with E-state index in [1.165, 1.54) is 4.90 Å². The second-order valence-electron chi connectivity index (χ2n) is 4.44. The number of piperazine rings is 1. The van der Waals surface area contributed by atoms with Crippen molar-refractivity contribution in [3.05, 3.63) is 29.6 Å². The van der Waals surface area contributed by atoms with Crippen molar-refractivity contribution in [2.45, 2.75) is 12.2 Å². The third-order valence-corrected chi connectivity index (χ3v) is 3.11. The molecule has 2 N–H and O–H groups in total. The van der Waals surface area contributed by atoms with E-state index in [1.807, 2.05) is 0 Å². The summed E-state index contributed by atoms with van der Waals surface area (Å²) in [5, 5.41) is 12.0. The number of benzene rings is 1. The smallest absolute Gasteiger partial charge is 0.408 e. The Morgan fingerprint density at radius 3 is 2.37 bits per heavy atom. The third kappa shape index (κ3) is 3.16. The van der Waals surface area contributed by atoms with Crippen molar-refractivity contribution in [1.82, 2.24) is 10.2 Å². The first-order valence-electron chi connectivity index (χ1n) is 5.89. The normalized spacial score (nSPS) is 19.4. The van der Waals surface area contributed by atoms with Crippen LogP contribution >= 0.6 is 0 Å². The predicted octanol–water partition coefficient (Wildman–Crippen LogP) is 2.04. The van der Waals surface area contributed by atoms with Gasteiger partial charge < -0.3 is 10.4 Å². The Balaban J connectivity index is 2.36. The Morgan fingerprint density at radius 2 is 1.84 bits per heavy atom. The fourth-order valence-electron chi connectivity index (χ4n) is 2.26. The highest BCUT2D eigenvalue weighted by molar-refractivity contribution is 5.30. The molecular weight excluding hydrogens is 264 g/mol. The van der Waals surface area contributed by atoms with Gasteiger partial charge in [-0.1, -0.05) is 6.07 Å². The molecule has 1 aliphatic rings. The Hall–Kier alpha value is -1.34. The molecule has 0 unspecified atom stereocenters. The highest BCUT2D eigenvalue weighted by Crippen LogP contribution is 2.39. The van der Waals surface area contributed by atoms with E-state index in [1.54, 1.807) is 0 Å². The van der Waals surface area contributed by atoms with E-state index in [-0.39, 0.29) is 18.8 Å². The van der Waals surface area contributed by atoms with E-state index in [0.29, 0.717) is 19.2 Å². The van der Waals surface area contributed by atoms with E-state index in [9.17, 15) is 17.6 Å². The lowest BCUT2D eigenvalue weighted by molar-refractivity contribution is -0.188. The molecule has 106 valence electrons. The van der Waals surface area contributed by atoms with Gasteiger partial charge in [-0.3, -0.25) is 4.90 Å². The van der Waals surface area contributed by atoms with Crippen LogP contribution in [0.25, 0.3) is 0 Å². The molecule has 0 aliphatic carbocycles. The van der Waals surface area contributed by atoms with Crippen LogP contribution in [0.5, 0.6) is 5.75 Å². The standard InChI is InChI=1S/C12H14F4N2O/c13-10-7-8(19)1-2-9(10)11(12(14,15)16)18-5-3-17-4-6-18/h1-2,7,11,17,19H,3-6H2/t11-/m1/s1. The first-order chi connectivity index (χ1) is 8.89. The van der Waals surface area contributed by atoms with Gasteiger partial charge in [-0.2, -0.15) is 13.2 Å². The maximum Gasteiger partial charge on any atom is 0.408 e. The SMILES string of the molecule is Oc1ccc([C@@H](N2CCNCC2)C(F)(F)F)c(F)c1. The largest absolute Gasteiger partial charge is 0.508 e. The minimum absolute atomic E-state index is 0.199. The Bertz CT molecular complexity index is 444. The summed E-state index contributed by atoms with van der Waals surface area (Å²) in [5.74, 6) is -1.43. The molecule has 1 heterocycles. The maximum atomic E-state index is 13.7. The fourth-order valence-corrected chi connectivity index (χ4v) is 2.26. The number of hydrogen-bond donors (Lipinski definition) is 2. The molecule has 0 amide bonds. The van der Waals surface area contributed by atoms with E-state index in [0.717, 1.165) is 12.1 Å². The lowest BCUT2D eigenvalue weighted by Crippen LogP contribution is -2.49. The van der Waals surface area contributed by atoms with Crippen LogP contribution in [0, 0.1) is 5.82 Å². The summed E-state index contributed by atoms with van der Waals surface area (Å²) in [7, 11) is 0. The van der Waals surface area contributed by atoms with E-state index >= 15 is 0 Å². The monoisotopic (exact) mass is 278 g/mol. The van der Waals surface area contributed by atoms with Crippen LogP contribution in [0.2, 0.25) is 0 Å². The quantitative estimate of drug-likeness (QED) is 0.813. The number of halogens is 4. The van der Waals surface area contributed by atoms with Gasteiger partial charge in [0.05, 0.1) is 0 Å². The molecule has 0 radical (unpaired) electrons. The van der Waals surface area contributed by atoms with E-state index in [2.05, 4.69) is 5.32 Å². The molecule has 0 aromatic heterocycles. The van der Waals surface area contributed by atoms with Gasteiger partial charge in [0.15, 0.2) is 0 Å². The molecule has 19 heavy (non-hydrogen) atoms. The van der Waals surface area contributed by atoms with E-state index in [4.69, 9.17) is 5.11 Å². The van der Waals surface area contributed by atoms with Gasteiger partial charge in [0.25, 0.3) is 0 Å². The van der Waals surface area contributed by atoms with Crippen LogP contribution in [0.15, 0.2) is 18.2 Å². The van der Waals surface area contributed by atoms with Gasteiger partial charge in [-0.05, 0) is 6.07 Å². The topological polar surface area (TPSA) is 35.5 Å². The molecule has 0 saturated carbocycles. The van der Waals surface area contributed by atoms with Crippen molar-refractivity contribution in [3.8, 4) is 5.75 Å². The average Bonchev–Trinajstić information content (AvgIpc) is 2.32. The number of alkyl halides is 3. The summed E-state index contributed by atoms with van der Waals surface area (Å²) in [6, 6.07) is 0.788. The van der Waals surface area contributed by atoms with Gasteiger partial charge in [0.2, 0.25) is 0 Å². The Labute approximate surface area is 107 Å². The van der Waals surface area contributed by atoms with Crippen LogP contribution in [0.3, 0.4) is 0 Å². The van der Waals surface area contributed by atoms with Crippen molar-refractivity contribution in [3.63, 3.8) is 0 Å². The second kappa shape index (κ2) is 5.34. The molecular formula is C12H14F4N2O. The van der Waals surface area contributed by atoms with Crippen molar-refractivity contribution in [2.75, 3.05) is 26.2 Å². The Kier molecular flexibility index (Phi) is 3.96. The molecule has 1 aromatic carbocycles. The van der Waals surface area contributed by atoms with Gasteiger partial charge in [0, 0.05) is 37.8 Å². The summed E-state index contributed by atoms with van der Waals surface area (Å²) in [5.41, 5.74) is -0.452. The molecule has 3 nitrogen and oxygen atoms in total. The maximum absolute atomic E-state index is 13.7. The molecule has 1 atom stereocenters. The number of rotatable bonds is 2. The van der Waals surface area contributed by atoms with Crippen LogP contribution in [0.1, 0.15) is 11.6 Å². The van der Waals surface area contributed by atoms with Gasteiger partial charge >= 0.3 is 6.18 Å². The molecule has 1 aromatic rings. The number of phenolic OH excluding ortho intramolecular Hbond substituents is 1. The van der Waals surface area contributed by atoms with Gasteiger partial charge in [-0.25, -0.2) is 4.39 Å². The summed E-state index contributed by atoms with van der Waals surface area (Å²) in [4.78, 5) is 1.20. The van der Waals surface area contributed by atoms with Crippen molar-refractivity contribution in [2.24, 2.45) is 0 Å². The molecule has 7 heteroatoms. The fraction of sp³-hybridized carbons (Fsp3) is 0.500. The number of nitrogens with one attached hydrogen (secondary N) is 1. The molecule has 2 rings (SSSR count). The average molecular weight is 278 g/mol. The van der Waals surface area contributed by atoms with Crippen LogP contribution in [0.4, 0.5) is 17.6 Å². The highest BCUT2D eigenvalue weighted by Gasteiger charge is 2.46. The van der Waals surface area contributed by atoms with Crippen LogP contribution in [-0.4, -0.2) is 42.4 Å². The molecule has 1 fully saturated rings. The zero-order valence-corrected chi connectivity index (χ0v) is 10.0. The number of hydrogen-bond acceptors (Lipinski definition) is 3.